The lowest BCUT2D eigenvalue weighted by molar-refractivity contribution is -0.136. The Balaban J connectivity index is 1.83. The molecule has 0 unspecified atom stereocenters. The minimum absolute atomic E-state index is 0.112. The fraction of sp³-hybridized carbons (Fsp3) is 0.167. The summed E-state index contributed by atoms with van der Waals surface area (Å²) in [5.74, 6) is -1.61. The van der Waals surface area contributed by atoms with Crippen LogP contribution < -0.4 is 10.6 Å². The van der Waals surface area contributed by atoms with Gasteiger partial charge in [-0.3, -0.25) is 14.4 Å². The second-order valence-electron chi connectivity index (χ2n) is 5.22. The number of carbonyl (C=O) groups is 3. The average Bonchev–Trinajstić information content (AvgIpc) is 2.56. The normalized spacial score (nSPS) is 10.1. The molecular weight excluding hydrogens is 328 g/mol. The SMILES string of the molecule is CC(=O)c1cccc(NC(=O)C(=O)NCCc2ccc(Cl)cc2)c1. The van der Waals surface area contributed by atoms with E-state index in [9.17, 15) is 14.4 Å². The van der Waals surface area contributed by atoms with Crippen molar-refractivity contribution in [3.05, 3.63) is 64.7 Å². The molecule has 0 bridgehead atoms. The minimum Gasteiger partial charge on any atom is -0.347 e. The number of benzene rings is 2. The van der Waals surface area contributed by atoms with Crippen molar-refractivity contribution in [1.29, 1.82) is 0 Å². The smallest absolute Gasteiger partial charge is 0.313 e. The predicted molar refractivity (Wildman–Crippen MR) is 93.2 cm³/mol. The van der Waals surface area contributed by atoms with E-state index in [0.717, 1.165) is 5.56 Å². The van der Waals surface area contributed by atoms with E-state index < -0.39 is 11.8 Å². The molecule has 24 heavy (non-hydrogen) atoms. The predicted octanol–water partition coefficient (Wildman–Crippen LogP) is 2.84. The van der Waals surface area contributed by atoms with E-state index in [1.54, 1.807) is 30.3 Å². The van der Waals surface area contributed by atoms with Crippen LogP contribution in [-0.2, 0) is 16.0 Å². The third-order valence-electron chi connectivity index (χ3n) is 3.35. The Kier molecular flexibility index (Phi) is 6.09. The average molecular weight is 345 g/mol. The van der Waals surface area contributed by atoms with Crippen molar-refractivity contribution < 1.29 is 14.4 Å². The molecule has 5 nitrogen and oxygen atoms in total. The molecule has 2 rings (SSSR count). The van der Waals surface area contributed by atoms with Crippen LogP contribution in [0, 0.1) is 0 Å². The molecule has 2 aromatic carbocycles. The molecule has 124 valence electrons. The summed E-state index contributed by atoms with van der Waals surface area (Å²) in [5.41, 5.74) is 1.88. The van der Waals surface area contributed by atoms with Crippen LogP contribution in [0.2, 0.25) is 5.02 Å². The van der Waals surface area contributed by atoms with Crippen LogP contribution >= 0.6 is 11.6 Å². The first kappa shape index (κ1) is 17.7. The van der Waals surface area contributed by atoms with Crippen LogP contribution in [0.1, 0.15) is 22.8 Å². The van der Waals surface area contributed by atoms with Gasteiger partial charge in [-0.1, -0.05) is 35.9 Å². The van der Waals surface area contributed by atoms with Gasteiger partial charge in [-0.25, -0.2) is 0 Å². The zero-order chi connectivity index (χ0) is 17.5. The van der Waals surface area contributed by atoms with Crippen molar-refractivity contribution in [2.24, 2.45) is 0 Å². The van der Waals surface area contributed by atoms with Gasteiger partial charge in [-0.2, -0.15) is 0 Å². The molecule has 0 heterocycles. The Labute approximate surface area is 145 Å². The quantitative estimate of drug-likeness (QED) is 0.647. The summed E-state index contributed by atoms with van der Waals surface area (Å²) < 4.78 is 0. The fourth-order valence-electron chi connectivity index (χ4n) is 2.06. The Hall–Kier alpha value is -2.66. The fourth-order valence-corrected chi connectivity index (χ4v) is 2.18. The topological polar surface area (TPSA) is 75.3 Å². The van der Waals surface area contributed by atoms with E-state index in [4.69, 9.17) is 11.6 Å². The summed E-state index contributed by atoms with van der Waals surface area (Å²) in [5, 5.41) is 5.67. The maximum Gasteiger partial charge on any atom is 0.313 e. The van der Waals surface area contributed by atoms with Crippen molar-refractivity contribution >= 4 is 34.9 Å². The molecule has 0 radical (unpaired) electrons. The zero-order valence-corrected chi connectivity index (χ0v) is 13.9. The third-order valence-corrected chi connectivity index (χ3v) is 3.60. The van der Waals surface area contributed by atoms with Gasteiger partial charge in [0.2, 0.25) is 0 Å². The number of halogens is 1. The zero-order valence-electron chi connectivity index (χ0n) is 13.1. The molecule has 2 N–H and O–H groups in total. The molecular formula is C18H17ClN2O3. The van der Waals surface area contributed by atoms with Crippen LogP contribution in [0.25, 0.3) is 0 Å². The van der Waals surface area contributed by atoms with Crippen molar-refractivity contribution in [3.8, 4) is 0 Å². The highest BCUT2D eigenvalue weighted by Gasteiger charge is 2.13. The molecule has 2 aromatic rings. The van der Waals surface area contributed by atoms with Crippen LogP contribution in [0.4, 0.5) is 5.69 Å². The molecule has 2 amide bonds. The number of carbonyl (C=O) groups excluding carboxylic acids is 3. The van der Waals surface area contributed by atoms with Crippen LogP contribution in [0.3, 0.4) is 0 Å². The molecule has 0 aromatic heterocycles. The molecule has 0 aliphatic rings. The summed E-state index contributed by atoms with van der Waals surface area (Å²) in [7, 11) is 0. The second-order valence-corrected chi connectivity index (χ2v) is 5.66. The number of ketones is 1. The van der Waals surface area contributed by atoms with E-state index in [0.29, 0.717) is 29.2 Å². The third kappa shape index (κ3) is 5.21. The Morgan fingerprint density at radius 1 is 1.00 bits per heavy atom. The monoisotopic (exact) mass is 344 g/mol. The number of rotatable bonds is 5. The van der Waals surface area contributed by atoms with E-state index in [-0.39, 0.29) is 5.78 Å². The van der Waals surface area contributed by atoms with Crippen LogP contribution in [0.15, 0.2) is 48.5 Å². The molecule has 0 fully saturated rings. The van der Waals surface area contributed by atoms with E-state index in [2.05, 4.69) is 10.6 Å². The summed E-state index contributed by atoms with van der Waals surface area (Å²) in [6.45, 7) is 1.77. The van der Waals surface area contributed by atoms with Gasteiger partial charge in [0, 0.05) is 22.8 Å². The highest BCUT2D eigenvalue weighted by atomic mass is 35.5. The number of hydrogen-bond acceptors (Lipinski definition) is 3. The molecule has 0 saturated carbocycles. The van der Waals surface area contributed by atoms with Gasteiger partial charge in [-0.05, 0) is 43.2 Å². The first-order chi connectivity index (χ1) is 11.5. The summed E-state index contributed by atoms with van der Waals surface area (Å²) in [6.07, 6.45) is 0.593. The van der Waals surface area contributed by atoms with E-state index in [1.165, 1.54) is 13.0 Å². The highest BCUT2D eigenvalue weighted by Crippen LogP contribution is 2.11. The lowest BCUT2D eigenvalue weighted by Gasteiger charge is -2.07. The number of nitrogens with one attached hydrogen (secondary N) is 2. The molecule has 0 spiro atoms. The van der Waals surface area contributed by atoms with Gasteiger partial charge >= 0.3 is 11.8 Å². The maximum absolute atomic E-state index is 11.9. The minimum atomic E-state index is -0.771. The summed E-state index contributed by atoms with van der Waals surface area (Å²) in [6, 6.07) is 13.7. The van der Waals surface area contributed by atoms with Crippen molar-refractivity contribution in [2.75, 3.05) is 11.9 Å². The number of Topliss-reactive ketones (excluding diaryl/α,β-unsaturated/α-hetero) is 1. The molecule has 0 aliphatic carbocycles. The van der Waals surface area contributed by atoms with Gasteiger partial charge in [-0.15, -0.1) is 0 Å². The lowest BCUT2D eigenvalue weighted by atomic mass is 10.1. The van der Waals surface area contributed by atoms with E-state index >= 15 is 0 Å². The molecule has 0 saturated heterocycles. The molecule has 6 heteroatoms. The largest absolute Gasteiger partial charge is 0.347 e. The number of anilines is 1. The second kappa shape index (κ2) is 8.26. The highest BCUT2D eigenvalue weighted by molar-refractivity contribution is 6.39. The van der Waals surface area contributed by atoms with E-state index in [1.807, 2.05) is 12.1 Å². The molecule has 0 atom stereocenters. The van der Waals surface area contributed by atoms with Gasteiger partial charge < -0.3 is 10.6 Å². The number of hydrogen-bond donors (Lipinski definition) is 2. The van der Waals surface area contributed by atoms with Crippen LogP contribution in [-0.4, -0.2) is 24.1 Å². The Morgan fingerprint density at radius 3 is 2.38 bits per heavy atom. The van der Waals surface area contributed by atoms with Gasteiger partial charge in [0.05, 0.1) is 0 Å². The van der Waals surface area contributed by atoms with Crippen molar-refractivity contribution in [1.82, 2.24) is 5.32 Å². The first-order valence-electron chi connectivity index (χ1n) is 7.40. The Bertz CT molecular complexity index is 757. The van der Waals surface area contributed by atoms with Crippen molar-refractivity contribution in [2.45, 2.75) is 13.3 Å². The molecule has 0 aliphatic heterocycles. The number of amides is 2. The maximum atomic E-state index is 11.9. The van der Waals surface area contributed by atoms with Crippen molar-refractivity contribution in [3.63, 3.8) is 0 Å². The summed E-state index contributed by atoms with van der Waals surface area (Å²) in [4.78, 5) is 35.0. The lowest BCUT2D eigenvalue weighted by Crippen LogP contribution is -2.36. The first-order valence-corrected chi connectivity index (χ1v) is 7.78. The summed E-state index contributed by atoms with van der Waals surface area (Å²) >= 11 is 5.80. The van der Waals surface area contributed by atoms with Gasteiger partial charge in [0.15, 0.2) is 5.78 Å². The van der Waals surface area contributed by atoms with Gasteiger partial charge in [0.25, 0.3) is 0 Å². The standard InChI is InChI=1S/C18H17ClN2O3/c1-12(22)14-3-2-4-16(11-14)21-18(24)17(23)20-10-9-13-5-7-15(19)8-6-13/h2-8,11H,9-10H2,1H3,(H,20,23)(H,21,24). The van der Waals surface area contributed by atoms with Crippen LogP contribution in [0.5, 0.6) is 0 Å². The van der Waals surface area contributed by atoms with Gasteiger partial charge in [0.1, 0.15) is 0 Å². The Morgan fingerprint density at radius 2 is 1.71 bits per heavy atom.